The highest BCUT2D eigenvalue weighted by molar-refractivity contribution is 5.76. The van der Waals surface area contributed by atoms with Crippen LogP contribution < -0.4 is 5.32 Å². The molecule has 152 valence electrons. The van der Waals surface area contributed by atoms with E-state index < -0.39 is 0 Å². The van der Waals surface area contributed by atoms with Crippen LogP contribution in [0.1, 0.15) is 78.0 Å². The Morgan fingerprint density at radius 3 is 2.00 bits per heavy atom. The maximum atomic E-state index is 12.1. The number of aromatic hydroxyl groups is 1. The smallest absolute Gasteiger partial charge is 0.305 e. The van der Waals surface area contributed by atoms with Crippen LogP contribution in [0.2, 0.25) is 0 Å². The third-order valence-corrected chi connectivity index (χ3v) is 4.40. The molecule has 0 fully saturated rings. The number of esters is 1. The molecule has 1 aromatic rings. The van der Waals surface area contributed by atoms with Crippen molar-refractivity contribution < 1.29 is 19.4 Å². The van der Waals surface area contributed by atoms with Gasteiger partial charge in [0.2, 0.25) is 5.91 Å². The molecule has 0 aromatic heterocycles. The Hall–Kier alpha value is -2.04. The first-order chi connectivity index (χ1) is 12.4. The van der Waals surface area contributed by atoms with E-state index in [0.29, 0.717) is 31.6 Å². The fourth-order valence-electron chi connectivity index (χ4n) is 2.79. The first-order valence-electron chi connectivity index (χ1n) is 9.65. The van der Waals surface area contributed by atoms with Crippen molar-refractivity contribution in [3.8, 4) is 5.75 Å². The number of rotatable bonds is 7. The predicted molar refractivity (Wildman–Crippen MR) is 108 cm³/mol. The zero-order valence-corrected chi connectivity index (χ0v) is 17.9. The molecule has 0 aliphatic heterocycles. The molecule has 1 aromatic carbocycles. The summed E-state index contributed by atoms with van der Waals surface area (Å²) in [4.78, 5) is 23.1. The normalized spacial score (nSPS) is 12.0. The van der Waals surface area contributed by atoms with Crippen molar-refractivity contribution in [2.45, 2.75) is 78.6 Å². The van der Waals surface area contributed by atoms with Crippen LogP contribution in [0.3, 0.4) is 0 Å². The van der Waals surface area contributed by atoms with Crippen molar-refractivity contribution >= 4 is 11.9 Å². The van der Waals surface area contributed by atoms with Crippen LogP contribution in [-0.2, 0) is 31.6 Å². The molecule has 0 saturated carbocycles. The zero-order valence-electron chi connectivity index (χ0n) is 17.9. The molecule has 5 heteroatoms. The van der Waals surface area contributed by atoms with Crippen LogP contribution in [0.5, 0.6) is 5.75 Å². The zero-order chi connectivity index (χ0) is 20.8. The fraction of sp³-hybridized carbons (Fsp3) is 0.636. The highest BCUT2D eigenvalue weighted by Gasteiger charge is 2.26. The highest BCUT2D eigenvalue weighted by atomic mass is 16.5. The van der Waals surface area contributed by atoms with Crippen molar-refractivity contribution in [3.05, 3.63) is 28.8 Å². The quantitative estimate of drug-likeness (QED) is 0.556. The van der Waals surface area contributed by atoms with Crippen LogP contribution in [0.4, 0.5) is 0 Å². The van der Waals surface area contributed by atoms with Gasteiger partial charge in [0.1, 0.15) is 12.4 Å². The Kier molecular flexibility index (Phi) is 7.88. The second-order valence-electron chi connectivity index (χ2n) is 8.96. The largest absolute Gasteiger partial charge is 0.507 e. The van der Waals surface area contributed by atoms with Gasteiger partial charge in [0.05, 0.1) is 6.54 Å². The van der Waals surface area contributed by atoms with E-state index >= 15 is 0 Å². The van der Waals surface area contributed by atoms with Crippen molar-refractivity contribution in [1.29, 1.82) is 0 Å². The van der Waals surface area contributed by atoms with E-state index in [-0.39, 0.29) is 29.3 Å². The van der Waals surface area contributed by atoms with Gasteiger partial charge in [-0.2, -0.15) is 0 Å². The summed E-state index contributed by atoms with van der Waals surface area (Å²) in [5, 5.41) is 13.5. The van der Waals surface area contributed by atoms with Crippen molar-refractivity contribution in [2.24, 2.45) is 0 Å². The second kappa shape index (κ2) is 9.25. The molecule has 5 nitrogen and oxygen atoms in total. The molecule has 1 amide bonds. The minimum Gasteiger partial charge on any atom is -0.507 e. The van der Waals surface area contributed by atoms with Gasteiger partial charge in [-0.1, -0.05) is 60.6 Å². The Bertz CT molecular complexity index is 631. The summed E-state index contributed by atoms with van der Waals surface area (Å²) >= 11 is 0. The molecule has 0 unspecified atom stereocenters. The van der Waals surface area contributed by atoms with Gasteiger partial charge < -0.3 is 15.2 Å². The van der Waals surface area contributed by atoms with Crippen LogP contribution in [-0.4, -0.2) is 30.1 Å². The standard InChI is InChI=1S/C22H35NO4/c1-8-19(25)27-12-11-23-18(24)10-9-15-13-16(21(2,3)4)20(26)17(14-15)22(5,6)7/h13-14,26H,8-12H2,1-7H3,(H,23,24). The minimum absolute atomic E-state index is 0.0785. The average Bonchev–Trinajstić information content (AvgIpc) is 2.55. The molecule has 0 aliphatic rings. The summed E-state index contributed by atoms with van der Waals surface area (Å²) in [6, 6.07) is 4.00. The molecule has 0 radical (unpaired) electrons. The second-order valence-corrected chi connectivity index (χ2v) is 8.96. The lowest BCUT2D eigenvalue weighted by Gasteiger charge is -2.28. The topological polar surface area (TPSA) is 75.6 Å². The molecule has 1 rings (SSSR count). The third-order valence-electron chi connectivity index (χ3n) is 4.40. The lowest BCUT2D eigenvalue weighted by atomic mass is 9.78. The molecule has 2 N–H and O–H groups in total. The maximum Gasteiger partial charge on any atom is 0.305 e. The third kappa shape index (κ3) is 7.24. The maximum absolute atomic E-state index is 12.1. The first-order valence-corrected chi connectivity index (χ1v) is 9.65. The number of phenols is 1. The van der Waals surface area contributed by atoms with Gasteiger partial charge in [0, 0.05) is 12.8 Å². The summed E-state index contributed by atoms with van der Waals surface area (Å²) in [7, 11) is 0. The Labute approximate surface area is 163 Å². The molecule has 0 heterocycles. The van der Waals surface area contributed by atoms with Crippen molar-refractivity contribution in [1.82, 2.24) is 5.32 Å². The predicted octanol–water partition coefficient (Wildman–Crippen LogP) is 3.99. The van der Waals surface area contributed by atoms with E-state index in [0.717, 1.165) is 16.7 Å². The van der Waals surface area contributed by atoms with Crippen LogP contribution >= 0.6 is 0 Å². The summed E-state index contributed by atoms with van der Waals surface area (Å²) in [6.07, 6.45) is 1.27. The number of carbonyl (C=O) groups is 2. The van der Waals surface area contributed by atoms with Gasteiger partial charge in [0.25, 0.3) is 0 Å². The Balaban J connectivity index is 2.80. The summed E-state index contributed by atoms with van der Waals surface area (Å²) in [5.41, 5.74) is 2.46. The number of hydrogen-bond donors (Lipinski definition) is 2. The summed E-state index contributed by atoms with van der Waals surface area (Å²) in [5.74, 6) is 0.00365. The number of aryl methyl sites for hydroxylation is 1. The van der Waals surface area contributed by atoms with Gasteiger partial charge >= 0.3 is 5.97 Å². The molecular formula is C22H35NO4. The van der Waals surface area contributed by atoms with E-state index in [1.807, 2.05) is 12.1 Å². The minimum atomic E-state index is -0.266. The molecule has 27 heavy (non-hydrogen) atoms. The molecule has 0 atom stereocenters. The SMILES string of the molecule is CCC(=O)OCCNC(=O)CCc1cc(C(C)(C)C)c(O)c(C(C)(C)C)c1. The number of benzene rings is 1. The summed E-state index contributed by atoms with van der Waals surface area (Å²) < 4.78 is 4.94. The van der Waals surface area contributed by atoms with Gasteiger partial charge in [0.15, 0.2) is 0 Å². The van der Waals surface area contributed by atoms with Crippen molar-refractivity contribution in [2.75, 3.05) is 13.2 Å². The molecule has 0 saturated heterocycles. The number of hydrogen-bond acceptors (Lipinski definition) is 4. The van der Waals surface area contributed by atoms with E-state index in [9.17, 15) is 14.7 Å². The van der Waals surface area contributed by atoms with Crippen LogP contribution in [0, 0.1) is 0 Å². The highest BCUT2D eigenvalue weighted by Crippen LogP contribution is 2.39. The van der Waals surface area contributed by atoms with Gasteiger partial charge in [-0.05, 0) is 33.9 Å². The number of ether oxygens (including phenoxy) is 1. The number of amides is 1. The monoisotopic (exact) mass is 377 g/mol. The lowest BCUT2D eigenvalue weighted by molar-refractivity contribution is -0.143. The molecule has 0 spiro atoms. The first kappa shape index (κ1) is 23.0. The van der Waals surface area contributed by atoms with E-state index in [1.165, 1.54) is 0 Å². The molecular weight excluding hydrogens is 342 g/mol. The van der Waals surface area contributed by atoms with Crippen LogP contribution in [0.25, 0.3) is 0 Å². The number of carbonyl (C=O) groups excluding carboxylic acids is 2. The van der Waals surface area contributed by atoms with Gasteiger partial charge in [-0.25, -0.2) is 0 Å². The molecule has 0 bridgehead atoms. The van der Waals surface area contributed by atoms with Gasteiger partial charge in [-0.3, -0.25) is 9.59 Å². The molecule has 0 aliphatic carbocycles. The Morgan fingerprint density at radius 2 is 1.56 bits per heavy atom. The fourth-order valence-corrected chi connectivity index (χ4v) is 2.79. The van der Waals surface area contributed by atoms with Gasteiger partial charge in [-0.15, -0.1) is 0 Å². The number of phenolic OH excluding ortho intramolecular Hbond substituents is 1. The Morgan fingerprint density at radius 1 is 1.04 bits per heavy atom. The van der Waals surface area contributed by atoms with E-state index in [4.69, 9.17) is 4.74 Å². The number of nitrogens with one attached hydrogen (secondary N) is 1. The lowest BCUT2D eigenvalue weighted by Crippen LogP contribution is -2.28. The summed E-state index contributed by atoms with van der Waals surface area (Å²) in [6.45, 7) is 14.7. The van der Waals surface area contributed by atoms with E-state index in [2.05, 4.69) is 46.9 Å². The van der Waals surface area contributed by atoms with E-state index in [1.54, 1.807) is 6.92 Å². The van der Waals surface area contributed by atoms with Crippen LogP contribution in [0.15, 0.2) is 12.1 Å². The van der Waals surface area contributed by atoms with Crippen molar-refractivity contribution in [3.63, 3.8) is 0 Å². The average molecular weight is 378 g/mol.